The number of hydrogen-bond acceptors (Lipinski definition) is 3. The highest BCUT2D eigenvalue weighted by Crippen LogP contribution is 2.23. The first-order valence-corrected chi connectivity index (χ1v) is 5.95. The number of hydrogen-bond donors (Lipinski definition) is 1. The van der Waals surface area contributed by atoms with Crippen LogP contribution in [0.15, 0.2) is 29.1 Å². The molecule has 0 aliphatic rings. The summed E-state index contributed by atoms with van der Waals surface area (Å²) in [7, 11) is 5.63. The Morgan fingerprint density at radius 2 is 2.11 bits per heavy atom. The van der Waals surface area contributed by atoms with Crippen LogP contribution in [0.4, 0.5) is 0 Å². The molecule has 2 aromatic rings. The molecule has 1 aromatic carbocycles. The summed E-state index contributed by atoms with van der Waals surface area (Å²) in [6.07, 6.45) is 0.732. The average molecular weight is 246 g/mol. The molecule has 0 radical (unpaired) electrons. The van der Waals surface area contributed by atoms with Gasteiger partial charge in [-0.2, -0.15) is 0 Å². The van der Waals surface area contributed by atoms with Crippen LogP contribution < -0.4 is 10.3 Å². The third-order valence-corrected chi connectivity index (χ3v) is 2.97. The van der Waals surface area contributed by atoms with Crippen LogP contribution in [0, 0.1) is 0 Å². The number of aromatic amines is 1. The SMILES string of the molecule is COc1cccc2[nH]c(=O)c(CCN(C)C)cc12. The molecule has 4 nitrogen and oxygen atoms in total. The van der Waals surface area contributed by atoms with Crippen molar-refractivity contribution in [2.75, 3.05) is 27.7 Å². The fourth-order valence-electron chi connectivity index (χ4n) is 1.95. The molecule has 18 heavy (non-hydrogen) atoms. The second kappa shape index (κ2) is 5.23. The molecule has 2 rings (SSSR count). The fourth-order valence-corrected chi connectivity index (χ4v) is 1.95. The van der Waals surface area contributed by atoms with E-state index in [1.807, 2.05) is 38.4 Å². The number of aromatic nitrogens is 1. The van der Waals surface area contributed by atoms with Crippen molar-refractivity contribution in [1.82, 2.24) is 9.88 Å². The predicted octanol–water partition coefficient (Wildman–Crippen LogP) is 1.64. The number of nitrogens with zero attached hydrogens (tertiary/aromatic N) is 1. The molecule has 0 saturated heterocycles. The number of H-pyrrole nitrogens is 1. The Labute approximate surface area is 106 Å². The third kappa shape index (κ3) is 2.54. The van der Waals surface area contributed by atoms with Crippen molar-refractivity contribution in [2.24, 2.45) is 0 Å². The van der Waals surface area contributed by atoms with E-state index in [1.165, 1.54) is 0 Å². The topological polar surface area (TPSA) is 45.3 Å². The van der Waals surface area contributed by atoms with Crippen molar-refractivity contribution in [3.05, 3.63) is 40.2 Å². The maximum Gasteiger partial charge on any atom is 0.251 e. The molecule has 1 aromatic heterocycles. The molecule has 1 heterocycles. The Hall–Kier alpha value is -1.81. The van der Waals surface area contributed by atoms with Gasteiger partial charge in [0.05, 0.1) is 12.6 Å². The van der Waals surface area contributed by atoms with Gasteiger partial charge in [-0.15, -0.1) is 0 Å². The number of rotatable bonds is 4. The van der Waals surface area contributed by atoms with Crippen molar-refractivity contribution in [3.63, 3.8) is 0 Å². The summed E-state index contributed by atoms with van der Waals surface area (Å²) in [6, 6.07) is 7.58. The highest BCUT2D eigenvalue weighted by atomic mass is 16.5. The maximum atomic E-state index is 11.9. The maximum absolute atomic E-state index is 11.9. The summed E-state index contributed by atoms with van der Waals surface area (Å²) < 4.78 is 5.32. The highest BCUT2D eigenvalue weighted by Gasteiger charge is 2.06. The summed E-state index contributed by atoms with van der Waals surface area (Å²) in [6.45, 7) is 0.851. The molecule has 0 bridgehead atoms. The Balaban J connectivity index is 2.48. The Morgan fingerprint density at radius 3 is 2.78 bits per heavy atom. The van der Waals surface area contributed by atoms with Gasteiger partial charge in [0.1, 0.15) is 5.75 Å². The molecule has 4 heteroatoms. The molecule has 0 amide bonds. The molecule has 0 aliphatic heterocycles. The van der Waals surface area contributed by atoms with Gasteiger partial charge in [-0.1, -0.05) is 6.07 Å². The first-order valence-electron chi connectivity index (χ1n) is 5.95. The van der Waals surface area contributed by atoms with Crippen LogP contribution in [0.5, 0.6) is 5.75 Å². The van der Waals surface area contributed by atoms with Crippen molar-refractivity contribution in [3.8, 4) is 5.75 Å². The van der Waals surface area contributed by atoms with E-state index in [-0.39, 0.29) is 5.56 Å². The van der Waals surface area contributed by atoms with Crippen LogP contribution >= 0.6 is 0 Å². The minimum atomic E-state index is -0.0161. The van der Waals surface area contributed by atoms with Gasteiger partial charge in [0, 0.05) is 17.5 Å². The van der Waals surface area contributed by atoms with E-state index in [1.54, 1.807) is 7.11 Å². The molecule has 0 spiro atoms. The summed E-state index contributed by atoms with van der Waals surface area (Å²) in [5.74, 6) is 0.787. The second-order valence-corrected chi connectivity index (χ2v) is 4.60. The third-order valence-electron chi connectivity index (χ3n) is 2.97. The monoisotopic (exact) mass is 246 g/mol. The van der Waals surface area contributed by atoms with Crippen LogP contribution in [0.25, 0.3) is 10.9 Å². The van der Waals surface area contributed by atoms with Crippen LogP contribution in [0.2, 0.25) is 0 Å². The standard InChI is InChI=1S/C14H18N2O2/c1-16(2)8-7-10-9-11-12(15-14(10)17)5-4-6-13(11)18-3/h4-6,9H,7-8H2,1-3H3,(H,15,17). The fraction of sp³-hybridized carbons (Fsp3) is 0.357. The number of pyridine rings is 1. The normalized spacial score (nSPS) is 11.1. The minimum Gasteiger partial charge on any atom is -0.496 e. The lowest BCUT2D eigenvalue weighted by Crippen LogP contribution is -2.20. The van der Waals surface area contributed by atoms with Crippen LogP contribution in [0.3, 0.4) is 0 Å². The number of methoxy groups -OCH3 is 1. The van der Waals surface area contributed by atoms with Crippen molar-refractivity contribution in [2.45, 2.75) is 6.42 Å². The summed E-state index contributed by atoms with van der Waals surface area (Å²) in [5, 5.41) is 0.952. The molecular formula is C14H18N2O2. The van der Waals surface area contributed by atoms with Crippen molar-refractivity contribution < 1.29 is 4.74 Å². The predicted molar refractivity (Wildman–Crippen MR) is 73.4 cm³/mol. The van der Waals surface area contributed by atoms with E-state index in [0.29, 0.717) is 0 Å². The summed E-state index contributed by atoms with van der Waals surface area (Å²) in [4.78, 5) is 16.9. The van der Waals surface area contributed by atoms with E-state index in [9.17, 15) is 4.79 Å². The van der Waals surface area contributed by atoms with Crippen LogP contribution in [-0.4, -0.2) is 37.6 Å². The van der Waals surface area contributed by atoms with Gasteiger partial charge in [0.15, 0.2) is 0 Å². The van der Waals surface area contributed by atoms with Crippen molar-refractivity contribution in [1.29, 1.82) is 0 Å². The van der Waals surface area contributed by atoms with Crippen LogP contribution in [0.1, 0.15) is 5.56 Å². The molecule has 0 aliphatic carbocycles. The number of ether oxygens (including phenoxy) is 1. The Morgan fingerprint density at radius 1 is 1.33 bits per heavy atom. The number of benzene rings is 1. The van der Waals surface area contributed by atoms with E-state index < -0.39 is 0 Å². The Bertz CT molecular complexity index is 602. The molecule has 0 saturated carbocycles. The average Bonchev–Trinajstić information content (AvgIpc) is 2.35. The van der Waals surface area contributed by atoms with E-state index >= 15 is 0 Å². The largest absolute Gasteiger partial charge is 0.496 e. The highest BCUT2D eigenvalue weighted by molar-refractivity contribution is 5.85. The van der Waals surface area contributed by atoms with Gasteiger partial charge < -0.3 is 14.6 Å². The zero-order chi connectivity index (χ0) is 13.1. The lowest BCUT2D eigenvalue weighted by Gasteiger charge is -2.10. The number of nitrogens with one attached hydrogen (secondary N) is 1. The van der Waals surface area contributed by atoms with Crippen LogP contribution in [-0.2, 0) is 6.42 Å². The lowest BCUT2D eigenvalue weighted by atomic mass is 10.1. The molecule has 0 atom stereocenters. The molecule has 0 unspecified atom stereocenters. The first-order chi connectivity index (χ1) is 8.61. The zero-order valence-corrected chi connectivity index (χ0v) is 11.0. The molecular weight excluding hydrogens is 228 g/mol. The van der Waals surface area contributed by atoms with E-state index in [4.69, 9.17) is 4.74 Å². The minimum absolute atomic E-state index is 0.0161. The van der Waals surface area contributed by atoms with Gasteiger partial charge in [0.2, 0.25) is 0 Å². The van der Waals surface area contributed by atoms with Gasteiger partial charge in [-0.3, -0.25) is 4.79 Å². The van der Waals surface area contributed by atoms with Gasteiger partial charge in [-0.05, 0) is 38.7 Å². The smallest absolute Gasteiger partial charge is 0.251 e. The lowest BCUT2D eigenvalue weighted by molar-refractivity contribution is 0.412. The van der Waals surface area contributed by atoms with Crippen molar-refractivity contribution >= 4 is 10.9 Å². The van der Waals surface area contributed by atoms with E-state index in [2.05, 4.69) is 9.88 Å². The van der Waals surface area contributed by atoms with Gasteiger partial charge >= 0.3 is 0 Å². The quantitative estimate of drug-likeness (QED) is 0.892. The van der Waals surface area contributed by atoms with Gasteiger partial charge in [-0.25, -0.2) is 0 Å². The first kappa shape index (κ1) is 12.6. The number of likely N-dealkylation sites (N-methyl/N-ethyl adjacent to an activating group) is 1. The summed E-state index contributed by atoms with van der Waals surface area (Å²) in [5.41, 5.74) is 1.59. The second-order valence-electron chi connectivity index (χ2n) is 4.60. The summed E-state index contributed by atoms with van der Waals surface area (Å²) >= 11 is 0. The molecule has 0 fully saturated rings. The van der Waals surface area contributed by atoms with E-state index in [0.717, 1.165) is 35.2 Å². The van der Waals surface area contributed by atoms with Gasteiger partial charge in [0.25, 0.3) is 5.56 Å². The number of fused-ring (bicyclic) bond motifs is 1. The Kier molecular flexibility index (Phi) is 3.67. The zero-order valence-electron chi connectivity index (χ0n) is 11.0. The molecule has 96 valence electrons. The molecule has 1 N–H and O–H groups in total.